The highest BCUT2D eigenvalue weighted by Gasteiger charge is 2.21. The van der Waals surface area contributed by atoms with Crippen LogP contribution < -0.4 is 15.5 Å². The predicted molar refractivity (Wildman–Crippen MR) is 103 cm³/mol. The van der Waals surface area contributed by atoms with E-state index < -0.39 is 0 Å². The van der Waals surface area contributed by atoms with Crippen molar-refractivity contribution in [3.05, 3.63) is 58.6 Å². The minimum atomic E-state index is -0.333. The lowest BCUT2D eigenvalue weighted by Gasteiger charge is -2.16. The normalized spacial score (nSPS) is 13.6. The van der Waals surface area contributed by atoms with Crippen LogP contribution in [0.5, 0.6) is 0 Å². The molecule has 0 atom stereocenters. The maximum Gasteiger partial charge on any atom is 0.251 e. The van der Waals surface area contributed by atoms with Gasteiger partial charge in [0.1, 0.15) is 0 Å². The Morgan fingerprint density at radius 1 is 1.12 bits per heavy atom. The van der Waals surface area contributed by atoms with E-state index in [2.05, 4.69) is 26.6 Å². The van der Waals surface area contributed by atoms with Gasteiger partial charge in [0.05, 0.1) is 6.54 Å². The summed E-state index contributed by atoms with van der Waals surface area (Å²) in [6.07, 6.45) is 1.40. The summed E-state index contributed by atoms with van der Waals surface area (Å²) in [5, 5.41) is 5.32. The third kappa shape index (κ3) is 4.49. The molecule has 3 amide bonds. The van der Waals surface area contributed by atoms with Crippen LogP contribution >= 0.6 is 15.9 Å². The van der Waals surface area contributed by atoms with Crippen LogP contribution in [0, 0.1) is 0 Å². The standard InChI is InChI=1S/C19H18BrN3O3/c20-14-8-6-13(7-9-14)19(26)21-12-17(24)22-15-3-1-4-16(11-15)23-10-2-5-18(23)25/h1,3-4,6-9,11H,2,5,10,12H2,(H,21,26)(H,22,24). The van der Waals surface area contributed by atoms with Gasteiger partial charge in [-0.3, -0.25) is 14.4 Å². The maximum atomic E-state index is 12.1. The van der Waals surface area contributed by atoms with Crippen molar-refractivity contribution >= 4 is 45.0 Å². The molecule has 2 aromatic rings. The van der Waals surface area contributed by atoms with Crippen LogP contribution in [0.25, 0.3) is 0 Å². The van der Waals surface area contributed by atoms with Gasteiger partial charge in [-0.2, -0.15) is 0 Å². The smallest absolute Gasteiger partial charge is 0.251 e. The van der Waals surface area contributed by atoms with Gasteiger partial charge in [-0.1, -0.05) is 22.0 Å². The van der Waals surface area contributed by atoms with E-state index in [9.17, 15) is 14.4 Å². The van der Waals surface area contributed by atoms with Crippen LogP contribution in [0.15, 0.2) is 53.0 Å². The number of carbonyl (C=O) groups is 3. The van der Waals surface area contributed by atoms with Crippen molar-refractivity contribution in [3.8, 4) is 0 Å². The number of amides is 3. The first-order chi connectivity index (χ1) is 12.5. The number of hydrogen-bond donors (Lipinski definition) is 2. The molecule has 6 nitrogen and oxygen atoms in total. The van der Waals surface area contributed by atoms with Gasteiger partial charge in [0, 0.05) is 34.4 Å². The Balaban J connectivity index is 1.55. The highest BCUT2D eigenvalue weighted by molar-refractivity contribution is 9.10. The number of nitrogens with one attached hydrogen (secondary N) is 2. The van der Waals surface area contributed by atoms with Crippen molar-refractivity contribution in [2.45, 2.75) is 12.8 Å². The van der Waals surface area contributed by atoms with E-state index in [-0.39, 0.29) is 24.3 Å². The minimum Gasteiger partial charge on any atom is -0.343 e. The molecule has 0 aliphatic carbocycles. The topological polar surface area (TPSA) is 78.5 Å². The molecule has 3 rings (SSSR count). The van der Waals surface area contributed by atoms with E-state index in [0.717, 1.165) is 16.6 Å². The van der Waals surface area contributed by atoms with E-state index in [0.29, 0.717) is 24.2 Å². The average molecular weight is 416 g/mol. The van der Waals surface area contributed by atoms with Gasteiger partial charge in [-0.15, -0.1) is 0 Å². The summed E-state index contributed by atoms with van der Waals surface area (Å²) < 4.78 is 0.878. The fraction of sp³-hybridized carbons (Fsp3) is 0.211. The molecular weight excluding hydrogens is 398 g/mol. The van der Waals surface area contributed by atoms with Crippen LogP contribution in [-0.4, -0.2) is 30.8 Å². The van der Waals surface area contributed by atoms with Crippen LogP contribution in [0.2, 0.25) is 0 Å². The quantitative estimate of drug-likeness (QED) is 0.787. The van der Waals surface area contributed by atoms with E-state index in [4.69, 9.17) is 0 Å². The summed E-state index contributed by atoms with van der Waals surface area (Å²) in [5.41, 5.74) is 1.84. The number of anilines is 2. The second kappa shape index (κ2) is 8.14. The average Bonchev–Trinajstić information content (AvgIpc) is 3.06. The summed E-state index contributed by atoms with van der Waals surface area (Å²) in [7, 11) is 0. The number of halogens is 1. The molecule has 1 heterocycles. The molecule has 2 N–H and O–H groups in total. The van der Waals surface area contributed by atoms with Crippen molar-refractivity contribution in [3.63, 3.8) is 0 Å². The zero-order chi connectivity index (χ0) is 18.5. The van der Waals surface area contributed by atoms with Gasteiger partial charge >= 0.3 is 0 Å². The first-order valence-corrected chi connectivity index (χ1v) is 9.06. The molecule has 0 bridgehead atoms. The van der Waals surface area contributed by atoms with Crippen molar-refractivity contribution in [1.82, 2.24) is 5.32 Å². The summed E-state index contributed by atoms with van der Waals surface area (Å²) in [6.45, 7) is 0.557. The monoisotopic (exact) mass is 415 g/mol. The molecule has 2 aromatic carbocycles. The van der Waals surface area contributed by atoms with Crippen molar-refractivity contribution in [1.29, 1.82) is 0 Å². The van der Waals surface area contributed by atoms with E-state index in [1.54, 1.807) is 47.4 Å². The minimum absolute atomic E-state index is 0.0928. The van der Waals surface area contributed by atoms with E-state index >= 15 is 0 Å². The Morgan fingerprint density at radius 3 is 2.58 bits per heavy atom. The van der Waals surface area contributed by atoms with Gasteiger partial charge < -0.3 is 15.5 Å². The van der Waals surface area contributed by atoms with Gasteiger partial charge in [0.2, 0.25) is 11.8 Å². The van der Waals surface area contributed by atoms with Crippen molar-refractivity contribution in [2.75, 3.05) is 23.3 Å². The maximum absolute atomic E-state index is 12.1. The highest BCUT2D eigenvalue weighted by Crippen LogP contribution is 2.24. The van der Waals surface area contributed by atoms with Crippen LogP contribution in [0.4, 0.5) is 11.4 Å². The molecule has 0 radical (unpaired) electrons. The molecule has 0 spiro atoms. The molecule has 0 unspecified atom stereocenters. The molecule has 0 saturated carbocycles. The number of hydrogen-bond acceptors (Lipinski definition) is 3. The molecule has 1 fully saturated rings. The molecule has 134 valence electrons. The second-order valence-electron chi connectivity index (χ2n) is 5.94. The Kier molecular flexibility index (Phi) is 5.68. The third-order valence-electron chi connectivity index (χ3n) is 4.03. The summed E-state index contributed by atoms with van der Waals surface area (Å²) in [6, 6.07) is 14.0. The fourth-order valence-electron chi connectivity index (χ4n) is 2.74. The summed E-state index contributed by atoms with van der Waals surface area (Å²) >= 11 is 3.31. The summed E-state index contributed by atoms with van der Waals surface area (Å²) in [4.78, 5) is 37.7. The summed E-state index contributed by atoms with van der Waals surface area (Å²) in [5.74, 6) is -0.556. The largest absolute Gasteiger partial charge is 0.343 e. The Labute approximate surface area is 159 Å². The SMILES string of the molecule is O=C(CNC(=O)c1ccc(Br)cc1)Nc1cccc(N2CCCC2=O)c1. The molecule has 1 aliphatic rings. The lowest BCUT2D eigenvalue weighted by atomic mass is 10.2. The number of rotatable bonds is 5. The number of carbonyl (C=O) groups excluding carboxylic acids is 3. The van der Waals surface area contributed by atoms with E-state index in [1.807, 2.05) is 6.07 Å². The van der Waals surface area contributed by atoms with Gasteiger partial charge in [-0.25, -0.2) is 0 Å². The van der Waals surface area contributed by atoms with Crippen LogP contribution in [0.3, 0.4) is 0 Å². The molecule has 0 aromatic heterocycles. The first-order valence-electron chi connectivity index (χ1n) is 8.27. The predicted octanol–water partition coefficient (Wildman–Crippen LogP) is 2.94. The third-order valence-corrected chi connectivity index (χ3v) is 4.56. The zero-order valence-corrected chi connectivity index (χ0v) is 15.6. The Morgan fingerprint density at radius 2 is 1.88 bits per heavy atom. The number of nitrogens with zero attached hydrogens (tertiary/aromatic N) is 1. The second-order valence-corrected chi connectivity index (χ2v) is 6.85. The van der Waals surface area contributed by atoms with E-state index in [1.165, 1.54) is 0 Å². The lowest BCUT2D eigenvalue weighted by Crippen LogP contribution is -2.32. The van der Waals surface area contributed by atoms with Crippen molar-refractivity contribution in [2.24, 2.45) is 0 Å². The van der Waals surface area contributed by atoms with Gasteiger partial charge in [-0.05, 0) is 48.9 Å². The first kappa shape index (κ1) is 18.1. The lowest BCUT2D eigenvalue weighted by molar-refractivity contribution is -0.117. The van der Waals surface area contributed by atoms with Gasteiger partial charge in [0.25, 0.3) is 5.91 Å². The molecule has 1 saturated heterocycles. The highest BCUT2D eigenvalue weighted by atomic mass is 79.9. The number of benzene rings is 2. The molecule has 26 heavy (non-hydrogen) atoms. The fourth-order valence-corrected chi connectivity index (χ4v) is 3.01. The molecule has 1 aliphatic heterocycles. The molecular formula is C19H18BrN3O3. The zero-order valence-electron chi connectivity index (χ0n) is 14.0. The van der Waals surface area contributed by atoms with Crippen molar-refractivity contribution < 1.29 is 14.4 Å². The Hall–Kier alpha value is -2.67. The van der Waals surface area contributed by atoms with Crippen LogP contribution in [0.1, 0.15) is 23.2 Å². The molecule has 7 heteroatoms. The Bertz CT molecular complexity index is 836. The van der Waals surface area contributed by atoms with Gasteiger partial charge in [0.15, 0.2) is 0 Å². The van der Waals surface area contributed by atoms with Crippen LogP contribution in [-0.2, 0) is 9.59 Å².